The van der Waals surface area contributed by atoms with E-state index in [9.17, 15) is 19.5 Å². The molecule has 2 amide bonds. The molecular weight excluding hydrogens is 390 g/mol. The van der Waals surface area contributed by atoms with E-state index in [1.54, 1.807) is 12.1 Å². The summed E-state index contributed by atoms with van der Waals surface area (Å²) in [6.45, 7) is 0.153. The van der Waals surface area contributed by atoms with Crippen molar-refractivity contribution in [3.63, 3.8) is 0 Å². The minimum absolute atomic E-state index is 0.153. The molecule has 1 fully saturated rings. The number of likely N-dealkylation sites (tertiary alicyclic amines) is 1. The molecular formula is C26H19NO4. The van der Waals surface area contributed by atoms with Gasteiger partial charge in [-0.15, -0.1) is 0 Å². The average Bonchev–Trinajstić information content (AvgIpc) is 3.05. The molecule has 5 heteroatoms. The molecule has 152 valence electrons. The summed E-state index contributed by atoms with van der Waals surface area (Å²) in [7, 11) is 0. The van der Waals surface area contributed by atoms with Crippen LogP contribution in [0, 0.1) is 11.8 Å². The van der Waals surface area contributed by atoms with Crippen molar-refractivity contribution in [2.75, 3.05) is 0 Å². The summed E-state index contributed by atoms with van der Waals surface area (Å²) in [5.74, 6) is -3.74. The monoisotopic (exact) mass is 409 g/mol. The summed E-state index contributed by atoms with van der Waals surface area (Å²) in [4.78, 5) is 41.7. The first-order valence-corrected chi connectivity index (χ1v) is 10.4. The maximum absolute atomic E-state index is 13.7. The zero-order valence-corrected chi connectivity index (χ0v) is 16.6. The third-order valence-electron chi connectivity index (χ3n) is 7.23. The minimum atomic E-state index is -1.56. The fourth-order valence-electron chi connectivity index (χ4n) is 6.12. The molecule has 1 aliphatic heterocycles. The molecule has 5 nitrogen and oxygen atoms in total. The number of hydrogen-bond acceptors (Lipinski definition) is 3. The van der Waals surface area contributed by atoms with Crippen LogP contribution in [-0.2, 0) is 26.3 Å². The van der Waals surface area contributed by atoms with Gasteiger partial charge in [-0.05, 0) is 27.8 Å². The molecule has 31 heavy (non-hydrogen) atoms. The average molecular weight is 409 g/mol. The second-order valence-corrected chi connectivity index (χ2v) is 8.52. The van der Waals surface area contributed by atoms with Crippen LogP contribution in [0.5, 0.6) is 0 Å². The van der Waals surface area contributed by atoms with Gasteiger partial charge in [0.2, 0.25) is 11.8 Å². The molecule has 0 radical (unpaired) electrons. The molecule has 0 aromatic heterocycles. The molecule has 0 saturated carbocycles. The lowest BCUT2D eigenvalue weighted by Gasteiger charge is -2.51. The van der Waals surface area contributed by atoms with Gasteiger partial charge in [-0.2, -0.15) is 0 Å². The summed E-state index contributed by atoms with van der Waals surface area (Å²) in [6, 6.07) is 24.1. The van der Waals surface area contributed by atoms with Crippen molar-refractivity contribution >= 4 is 17.8 Å². The molecule has 0 unspecified atom stereocenters. The second-order valence-electron chi connectivity index (χ2n) is 8.52. The van der Waals surface area contributed by atoms with Gasteiger partial charge < -0.3 is 5.11 Å². The Labute approximate surface area is 178 Å². The zero-order valence-electron chi connectivity index (χ0n) is 16.6. The van der Waals surface area contributed by atoms with Crippen molar-refractivity contribution in [2.45, 2.75) is 17.9 Å². The SMILES string of the molecule is O=C1[C@@H]2[C@@H](C(=O)N1Cc1ccccc1)C1c3ccccc3C2(C(=O)O)c2ccccc21. The van der Waals surface area contributed by atoms with Gasteiger partial charge in [0.15, 0.2) is 0 Å². The van der Waals surface area contributed by atoms with Gasteiger partial charge in [-0.1, -0.05) is 78.9 Å². The van der Waals surface area contributed by atoms with E-state index < -0.39 is 29.1 Å². The van der Waals surface area contributed by atoms with E-state index in [1.807, 2.05) is 66.7 Å². The molecule has 2 bridgehead atoms. The molecule has 1 saturated heterocycles. The van der Waals surface area contributed by atoms with Crippen LogP contribution in [0.1, 0.15) is 33.7 Å². The number of imide groups is 1. The van der Waals surface area contributed by atoms with Gasteiger partial charge in [0.1, 0.15) is 5.41 Å². The molecule has 3 aromatic carbocycles. The fourth-order valence-corrected chi connectivity index (χ4v) is 6.12. The van der Waals surface area contributed by atoms with Gasteiger partial charge in [0.05, 0.1) is 18.4 Å². The van der Waals surface area contributed by atoms with Gasteiger partial charge >= 0.3 is 5.97 Å². The van der Waals surface area contributed by atoms with Gasteiger partial charge in [-0.3, -0.25) is 19.3 Å². The number of carboxylic acids is 1. The van der Waals surface area contributed by atoms with E-state index >= 15 is 0 Å². The predicted molar refractivity (Wildman–Crippen MR) is 112 cm³/mol. The fraction of sp³-hybridized carbons (Fsp3) is 0.192. The molecule has 0 spiro atoms. The Bertz CT molecular complexity index is 1220. The number of carboxylic acid groups (broad SMARTS) is 1. The lowest BCUT2D eigenvalue weighted by molar-refractivity contribution is -0.150. The highest BCUT2D eigenvalue weighted by Crippen LogP contribution is 2.64. The topological polar surface area (TPSA) is 74.7 Å². The summed E-state index contributed by atoms with van der Waals surface area (Å²) in [6.07, 6.45) is 0. The highest BCUT2D eigenvalue weighted by Gasteiger charge is 2.71. The highest BCUT2D eigenvalue weighted by molar-refractivity contribution is 6.12. The van der Waals surface area contributed by atoms with Crippen molar-refractivity contribution in [1.29, 1.82) is 0 Å². The van der Waals surface area contributed by atoms with Crippen molar-refractivity contribution in [3.05, 3.63) is 107 Å². The largest absolute Gasteiger partial charge is 0.480 e. The summed E-state index contributed by atoms with van der Waals surface area (Å²) in [5, 5.41) is 10.7. The van der Waals surface area contributed by atoms with Crippen molar-refractivity contribution in [2.24, 2.45) is 11.8 Å². The van der Waals surface area contributed by atoms with Gasteiger partial charge in [-0.25, -0.2) is 0 Å². The van der Waals surface area contributed by atoms with Crippen LogP contribution in [0.4, 0.5) is 0 Å². The second kappa shape index (κ2) is 6.14. The Morgan fingerprint density at radius 2 is 1.35 bits per heavy atom. The maximum Gasteiger partial charge on any atom is 0.319 e. The third kappa shape index (κ3) is 2.08. The Balaban J connectivity index is 1.61. The van der Waals surface area contributed by atoms with Crippen molar-refractivity contribution < 1.29 is 19.5 Å². The number of aliphatic carboxylic acids is 1. The van der Waals surface area contributed by atoms with Crippen LogP contribution in [0.25, 0.3) is 0 Å². The number of carbonyl (C=O) groups is 3. The van der Waals surface area contributed by atoms with Crippen LogP contribution in [0.15, 0.2) is 78.9 Å². The highest BCUT2D eigenvalue weighted by atomic mass is 16.4. The number of benzene rings is 3. The number of rotatable bonds is 3. The minimum Gasteiger partial charge on any atom is -0.480 e. The zero-order chi connectivity index (χ0) is 21.3. The number of hydrogen-bond donors (Lipinski definition) is 1. The first kappa shape index (κ1) is 18.1. The Kier molecular flexibility index (Phi) is 3.58. The molecule has 1 heterocycles. The summed E-state index contributed by atoms with van der Waals surface area (Å²) >= 11 is 0. The van der Waals surface area contributed by atoms with E-state index in [2.05, 4.69) is 0 Å². The summed E-state index contributed by atoms with van der Waals surface area (Å²) in [5.41, 5.74) is 2.23. The number of carbonyl (C=O) groups excluding carboxylic acids is 2. The normalized spacial score (nSPS) is 27.6. The van der Waals surface area contributed by atoms with E-state index in [4.69, 9.17) is 0 Å². The molecule has 3 aliphatic carbocycles. The van der Waals surface area contributed by atoms with Crippen molar-refractivity contribution in [3.8, 4) is 0 Å². The van der Waals surface area contributed by atoms with E-state index in [-0.39, 0.29) is 18.4 Å². The molecule has 7 rings (SSSR count). The first-order chi connectivity index (χ1) is 15.1. The Morgan fingerprint density at radius 3 is 1.94 bits per heavy atom. The van der Waals surface area contributed by atoms with Crippen LogP contribution in [-0.4, -0.2) is 27.8 Å². The lowest BCUT2D eigenvalue weighted by atomic mass is 9.47. The van der Waals surface area contributed by atoms with E-state index in [0.717, 1.165) is 16.7 Å². The van der Waals surface area contributed by atoms with Gasteiger partial charge in [0, 0.05) is 5.92 Å². The predicted octanol–water partition coefficient (Wildman–Crippen LogP) is 3.32. The van der Waals surface area contributed by atoms with Crippen LogP contribution >= 0.6 is 0 Å². The van der Waals surface area contributed by atoms with Crippen LogP contribution < -0.4 is 0 Å². The van der Waals surface area contributed by atoms with Gasteiger partial charge in [0.25, 0.3) is 0 Å². The molecule has 3 aromatic rings. The molecule has 1 N–H and O–H groups in total. The first-order valence-electron chi connectivity index (χ1n) is 10.4. The Hall–Kier alpha value is -3.73. The van der Waals surface area contributed by atoms with E-state index in [0.29, 0.717) is 11.1 Å². The Morgan fingerprint density at radius 1 is 0.806 bits per heavy atom. The molecule has 4 aliphatic rings. The number of nitrogens with zero attached hydrogens (tertiary/aromatic N) is 1. The molecule has 2 atom stereocenters. The van der Waals surface area contributed by atoms with Crippen LogP contribution in [0.3, 0.4) is 0 Å². The van der Waals surface area contributed by atoms with Crippen molar-refractivity contribution in [1.82, 2.24) is 4.90 Å². The quantitative estimate of drug-likeness (QED) is 0.674. The smallest absolute Gasteiger partial charge is 0.319 e. The number of amides is 2. The lowest BCUT2D eigenvalue weighted by Crippen LogP contribution is -2.57. The van der Waals surface area contributed by atoms with E-state index in [1.165, 1.54) is 4.90 Å². The third-order valence-corrected chi connectivity index (χ3v) is 7.23. The standard InChI is InChI=1S/C26H19NO4/c28-23-21-20-16-10-4-6-12-18(16)26(25(30)31,19-13-7-5-11-17(19)20)22(21)24(29)27(23)14-15-8-2-1-3-9-15/h1-13,20-22H,14H2,(H,30,31)/t20?,21-,22-,26?/m0/s1. The van der Waals surface area contributed by atoms with Crippen LogP contribution in [0.2, 0.25) is 0 Å². The summed E-state index contributed by atoms with van der Waals surface area (Å²) < 4.78 is 0. The maximum atomic E-state index is 13.7.